The van der Waals surface area contributed by atoms with Crippen molar-refractivity contribution in [3.63, 3.8) is 0 Å². The molecule has 0 saturated carbocycles. The number of benzene rings is 1. The zero-order chi connectivity index (χ0) is 23.7. The van der Waals surface area contributed by atoms with E-state index in [1.807, 2.05) is 37.3 Å². The first kappa shape index (κ1) is 22.8. The Labute approximate surface area is 206 Å². The highest BCUT2D eigenvalue weighted by Crippen LogP contribution is 2.34. The van der Waals surface area contributed by atoms with E-state index >= 15 is 0 Å². The summed E-state index contributed by atoms with van der Waals surface area (Å²) in [6.07, 6.45) is 5.20. The molecular formula is C25H24N4O3S2. The summed E-state index contributed by atoms with van der Waals surface area (Å²) < 4.78 is 7.64. The number of rotatable bonds is 6. The topological polar surface area (TPSA) is 75.9 Å². The van der Waals surface area contributed by atoms with Crippen molar-refractivity contribution in [3.05, 3.63) is 80.6 Å². The number of fused-ring (bicyclic) bond motifs is 1. The second-order valence-corrected chi connectivity index (χ2v) is 10.1. The summed E-state index contributed by atoms with van der Waals surface area (Å²) >= 11 is 6.68. The van der Waals surface area contributed by atoms with Gasteiger partial charge in [0, 0.05) is 19.3 Å². The first-order valence-corrected chi connectivity index (χ1v) is 12.4. The third kappa shape index (κ3) is 4.64. The van der Waals surface area contributed by atoms with E-state index in [-0.39, 0.29) is 17.6 Å². The first-order valence-electron chi connectivity index (χ1n) is 11.2. The average molecular weight is 493 g/mol. The molecule has 2 aliphatic heterocycles. The summed E-state index contributed by atoms with van der Waals surface area (Å²) in [7, 11) is 0. The molecule has 0 radical (unpaired) electrons. The largest absolute Gasteiger partial charge is 0.376 e. The van der Waals surface area contributed by atoms with Crippen LogP contribution < -0.4 is 10.9 Å². The molecule has 3 aromatic rings. The second-order valence-electron chi connectivity index (χ2n) is 8.37. The molecule has 2 aromatic heterocycles. The average Bonchev–Trinajstić information content (AvgIpc) is 3.45. The molecule has 5 rings (SSSR count). The monoisotopic (exact) mass is 492 g/mol. The lowest BCUT2D eigenvalue weighted by atomic mass is 10.1. The number of thioether (sulfide) groups is 1. The van der Waals surface area contributed by atoms with E-state index in [0.29, 0.717) is 46.0 Å². The molecule has 2 saturated heterocycles. The quantitative estimate of drug-likeness (QED) is 0.412. The predicted molar refractivity (Wildman–Crippen MR) is 139 cm³/mol. The van der Waals surface area contributed by atoms with Crippen molar-refractivity contribution in [1.29, 1.82) is 0 Å². The van der Waals surface area contributed by atoms with Gasteiger partial charge in [0.05, 0.1) is 23.1 Å². The normalized spacial score (nSPS) is 19.5. The molecule has 2 fully saturated rings. The van der Waals surface area contributed by atoms with Crippen molar-refractivity contribution in [2.45, 2.75) is 32.4 Å². The molecule has 0 unspecified atom stereocenters. The van der Waals surface area contributed by atoms with Crippen LogP contribution in [-0.2, 0) is 16.1 Å². The number of aromatic nitrogens is 2. The van der Waals surface area contributed by atoms with E-state index in [2.05, 4.69) is 10.3 Å². The fraction of sp³-hybridized carbons (Fsp3) is 0.280. The maximum atomic E-state index is 13.4. The van der Waals surface area contributed by atoms with E-state index in [1.165, 1.54) is 21.7 Å². The molecule has 174 valence electrons. The standard InChI is InChI=1S/C25H24N4O3S2/c1-16-7-9-17(10-8-16)14-26-22-19(23(30)28-11-3-2-6-21(28)27-22)13-20-24(31)29(25(33)34-20)15-18-5-4-12-32-18/h2-3,6-11,13,18,26H,4-5,12,14-15H2,1H3/b20-13-/t18-/m0/s1. The highest BCUT2D eigenvalue weighted by molar-refractivity contribution is 8.26. The Hall–Kier alpha value is -3.01. The Morgan fingerprint density at radius 3 is 2.82 bits per heavy atom. The fourth-order valence-electron chi connectivity index (χ4n) is 4.04. The number of hydrogen-bond donors (Lipinski definition) is 1. The molecule has 1 amide bonds. The van der Waals surface area contributed by atoms with Crippen LogP contribution in [0.1, 0.15) is 29.5 Å². The number of thiocarbonyl (C=S) groups is 1. The van der Waals surface area contributed by atoms with Gasteiger partial charge < -0.3 is 10.1 Å². The maximum absolute atomic E-state index is 13.4. The number of carbonyl (C=O) groups is 1. The van der Waals surface area contributed by atoms with E-state index in [0.717, 1.165) is 18.4 Å². The van der Waals surface area contributed by atoms with Crippen LogP contribution in [0.3, 0.4) is 0 Å². The number of carbonyl (C=O) groups excluding carboxylic acids is 1. The van der Waals surface area contributed by atoms with Crippen LogP contribution in [0.5, 0.6) is 0 Å². The van der Waals surface area contributed by atoms with Gasteiger partial charge in [-0.25, -0.2) is 4.98 Å². The minimum atomic E-state index is -0.249. The summed E-state index contributed by atoms with van der Waals surface area (Å²) in [6.45, 7) is 3.69. The smallest absolute Gasteiger partial charge is 0.267 e. The number of ether oxygens (including phenoxy) is 1. The lowest BCUT2D eigenvalue weighted by Gasteiger charge is -2.18. The first-order chi connectivity index (χ1) is 16.5. The van der Waals surface area contributed by atoms with Gasteiger partial charge in [0.1, 0.15) is 15.8 Å². The van der Waals surface area contributed by atoms with Crippen molar-refractivity contribution in [2.75, 3.05) is 18.5 Å². The van der Waals surface area contributed by atoms with Gasteiger partial charge in [0.25, 0.3) is 11.5 Å². The Morgan fingerprint density at radius 1 is 1.24 bits per heavy atom. The van der Waals surface area contributed by atoms with Crippen LogP contribution in [0.15, 0.2) is 58.4 Å². The predicted octanol–water partition coefficient (Wildman–Crippen LogP) is 4.00. The fourth-order valence-corrected chi connectivity index (χ4v) is 5.30. The summed E-state index contributed by atoms with van der Waals surface area (Å²) in [4.78, 5) is 33.2. The van der Waals surface area contributed by atoms with Gasteiger partial charge in [0.15, 0.2) is 0 Å². The SMILES string of the molecule is Cc1ccc(CNc2nc3ccccn3c(=O)c2/C=C2\SC(=S)N(C[C@@H]3CCCO3)C2=O)cc1. The van der Waals surface area contributed by atoms with Gasteiger partial charge >= 0.3 is 0 Å². The summed E-state index contributed by atoms with van der Waals surface area (Å²) in [6, 6.07) is 13.5. The molecule has 2 aliphatic rings. The molecular weight excluding hydrogens is 468 g/mol. The number of nitrogens with one attached hydrogen (secondary N) is 1. The Bertz CT molecular complexity index is 1340. The molecule has 7 nitrogen and oxygen atoms in total. The molecule has 1 aromatic carbocycles. The Morgan fingerprint density at radius 2 is 2.06 bits per heavy atom. The summed E-state index contributed by atoms with van der Waals surface area (Å²) in [5, 5.41) is 3.30. The zero-order valence-corrected chi connectivity index (χ0v) is 20.3. The number of nitrogens with zero attached hydrogens (tertiary/aromatic N) is 3. The molecule has 34 heavy (non-hydrogen) atoms. The second kappa shape index (κ2) is 9.69. The van der Waals surface area contributed by atoms with E-state index in [4.69, 9.17) is 17.0 Å². The zero-order valence-electron chi connectivity index (χ0n) is 18.7. The molecule has 4 heterocycles. The number of pyridine rings is 1. The van der Waals surface area contributed by atoms with Gasteiger partial charge in [-0.2, -0.15) is 0 Å². The molecule has 1 atom stereocenters. The third-order valence-electron chi connectivity index (χ3n) is 5.91. The Kier molecular flexibility index (Phi) is 6.49. The molecule has 0 aliphatic carbocycles. The van der Waals surface area contributed by atoms with E-state index in [9.17, 15) is 9.59 Å². The highest BCUT2D eigenvalue weighted by atomic mass is 32.2. The van der Waals surface area contributed by atoms with E-state index in [1.54, 1.807) is 29.3 Å². The van der Waals surface area contributed by atoms with Gasteiger partial charge in [0.2, 0.25) is 0 Å². The molecule has 1 N–H and O–H groups in total. The van der Waals surface area contributed by atoms with Crippen LogP contribution >= 0.6 is 24.0 Å². The maximum Gasteiger partial charge on any atom is 0.267 e. The molecule has 0 bridgehead atoms. The summed E-state index contributed by atoms with van der Waals surface area (Å²) in [5.74, 6) is 0.230. The molecule has 9 heteroatoms. The number of amides is 1. The van der Waals surface area contributed by atoms with Crippen molar-refractivity contribution >= 4 is 51.7 Å². The van der Waals surface area contributed by atoms with Crippen LogP contribution in [0.25, 0.3) is 11.7 Å². The lowest BCUT2D eigenvalue weighted by molar-refractivity contribution is -0.123. The minimum absolute atomic E-state index is 0.00143. The van der Waals surface area contributed by atoms with Crippen LogP contribution in [0, 0.1) is 6.92 Å². The lowest BCUT2D eigenvalue weighted by Crippen LogP contribution is -2.35. The van der Waals surface area contributed by atoms with Crippen molar-refractivity contribution in [1.82, 2.24) is 14.3 Å². The minimum Gasteiger partial charge on any atom is -0.376 e. The van der Waals surface area contributed by atoms with Crippen molar-refractivity contribution < 1.29 is 9.53 Å². The van der Waals surface area contributed by atoms with Crippen LogP contribution in [0.4, 0.5) is 5.82 Å². The van der Waals surface area contributed by atoms with Gasteiger partial charge in [-0.05, 0) is 43.5 Å². The van der Waals surface area contributed by atoms with Gasteiger partial charge in [-0.15, -0.1) is 0 Å². The van der Waals surface area contributed by atoms with Crippen molar-refractivity contribution in [2.24, 2.45) is 0 Å². The number of anilines is 1. The Balaban J connectivity index is 1.49. The van der Waals surface area contributed by atoms with Gasteiger partial charge in [-0.3, -0.25) is 18.9 Å². The molecule has 0 spiro atoms. The highest BCUT2D eigenvalue weighted by Gasteiger charge is 2.35. The van der Waals surface area contributed by atoms with Crippen molar-refractivity contribution in [3.8, 4) is 0 Å². The van der Waals surface area contributed by atoms with Crippen LogP contribution in [-0.4, -0.2) is 43.8 Å². The van der Waals surface area contributed by atoms with Gasteiger partial charge in [-0.1, -0.05) is 59.9 Å². The summed E-state index contributed by atoms with van der Waals surface area (Å²) in [5.41, 5.74) is 2.85. The van der Waals surface area contributed by atoms with E-state index < -0.39 is 0 Å². The third-order valence-corrected chi connectivity index (χ3v) is 7.29. The van der Waals surface area contributed by atoms with Crippen LogP contribution in [0.2, 0.25) is 0 Å². The number of aryl methyl sites for hydroxylation is 1. The number of hydrogen-bond acceptors (Lipinski definition) is 7.